The predicted octanol–water partition coefficient (Wildman–Crippen LogP) is 10.9. The summed E-state index contributed by atoms with van der Waals surface area (Å²) in [6, 6.07) is 29.6. The number of carbonyl (C=O) groups excluding carboxylic acids is 1. The first-order valence-corrected chi connectivity index (χ1v) is 19.6. The SMILES string of the molecule is C=C/C=C(\C=C/C)Oc1ccc(SNCC(C=C)C2CCN(C(=O)S)C(Cc3cc(-c4ccc(Oc5ccccc5)cc4)nc4ccc(OC)cc34)C2)cn1. The van der Waals surface area contributed by atoms with Gasteiger partial charge in [0.1, 0.15) is 23.0 Å². The monoisotopic (exact) mass is 770 g/mol. The van der Waals surface area contributed by atoms with Gasteiger partial charge in [0.05, 0.1) is 18.3 Å². The maximum atomic E-state index is 12.9. The zero-order valence-corrected chi connectivity index (χ0v) is 32.8. The van der Waals surface area contributed by atoms with Crippen LogP contribution in [0.25, 0.3) is 22.2 Å². The standard InChI is InChI=1S/C45H46N4O4S2/c1-5-11-36(12-6-2)53-44-22-20-40(30-46-44)55-47-29-31(7-3)33-23-24-49(45(50)54)35(25-33)26-34-27-43(48-42-21-19-39(51-4)28-41(34)42)32-15-17-38(18-16-32)52-37-13-9-8-10-14-37/h5-22,27-28,30-31,33,35,47H,1,3,23-26,29H2,2,4H3,(H,50,54)/b12-6-,36-11+. The van der Waals surface area contributed by atoms with Crippen molar-refractivity contribution < 1.29 is 19.0 Å². The molecule has 282 valence electrons. The maximum absolute atomic E-state index is 12.9. The van der Waals surface area contributed by atoms with Crippen molar-refractivity contribution in [2.45, 2.75) is 37.1 Å². The normalized spacial score (nSPS) is 16.5. The van der Waals surface area contributed by atoms with Crippen LogP contribution in [-0.2, 0) is 6.42 Å². The number of rotatable bonds is 16. The molecule has 55 heavy (non-hydrogen) atoms. The number of nitrogens with one attached hydrogen (secondary N) is 1. The van der Waals surface area contributed by atoms with Crippen molar-refractivity contribution >= 4 is 40.7 Å². The number of likely N-dealkylation sites (tertiary alicyclic amines) is 1. The average molecular weight is 771 g/mol. The molecule has 8 nitrogen and oxygen atoms in total. The Morgan fingerprint density at radius 1 is 1.04 bits per heavy atom. The minimum absolute atomic E-state index is 0.0653. The molecule has 0 bridgehead atoms. The second-order valence-corrected chi connectivity index (χ2v) is 14.5. The van der Waals surface area contributed by atoms with Gasteiger partial charge in [0, 0.05) is 47.2 Å². The second kappa shape index (κ2) is 19.3. The van der Waals surface area contributed by atoms with Gasteiger partial charge in [0.15, 0.2) is 0 Å². The number of ether oxygens (including phenoxy) is 3. The Labute approximate surface area is 333 Å². The van der Waals surface area contributed by atoms with E-state index in [0.717, 1.165) is 69.3 Å². The number of thiol groups is 1. The van der Waals surface area contributed by atoms with Crippen LogP contribution in [0.15, 0.2) is 151 Å². The summed E-state index contributed by atoms with van der Waals surface area (Å²) in [6.45, 7) is 11.2. The van der Waals surface area contributed by atoms with E-state index < -0.39 is 0 Å². The van der Waals surface area contributed by atoms with E-state index in [1.807, 2.05) is 115 Å². The molecule has 3 atom stereocenters. The highest BCUT2D eigenvalue weighted by Gasteiger charge is 2.34. The molecule has 1 aliphatic heterocycles. The number of fused-ring (bicyclic) bond motifs is 1. The topological polar surface area (TPSA) is 85.8 Å². The molecule has 3 unspecified atom stereocenters. The number of allylic oxidation sites excluding steroid dienone is 4. The first kappa shape index (κ1) is 39.4. The average Bonchev–Trinajstić information content (AvgIpc) is 3.20. The zero-order chi connectivity index (χ0) is 38.6. The third kappa shape index (κ3) is 10.5. The highest BCUT2D eigenvalue weighted by atomic mass is 32.2. The number of hydrogen-bond donors (Lipinski definition) is 2. The van der Waals surface area contributed by atoms with Gasteiger partial charge < -0.3 is 19.1 Å². The van der Waals surface area contributed by atoms with Crippen LogP contribution >= 0.6 is 24.6 Å². The molecule has 3 aromatic carbocycles. The van der Waals surface area contributed by atoms with Gasteiger partial charge >= 0.3 is 0 Å². The summed E-state index contributed by atoms with van der Waals surface area (Å²) in [6.07, 6.45) is 13.4. The van der Waals surface area contributed by atoms with Gasteiger partial charge in [-0.15, -0.1) is 6.58 Å². The van der Waals surface area contributed by atoms with Crippen LogP contribution in [0.4, 0.5) is 4.79 Å². The number of hydrogen-bond acceptors (Lipinski definition) is 8. The third-order valence-corrected chi connectivity index (χ3v) is 10.7. The summed E-state index contributed by atoms with van der Waals surface area (Å²) in [5, 5.41) is 0.786. The van der Waals surface area contributed by atoms with E-state index in [4.69, 9.17) is 19.2 Å². The second-order valence-electron chi connectivity index (χ2n) is 13.2. The zero-order valence-electron chi connectivity index (χ0n) is 31.1. The van der Waals surface area contributed by atoms with Crippen LogP contribution in [0.2, 0.25) is 0 Å². The fraction of sp³-hybridized carbons (Fsp3) is 0.222. The molecular formula is C45H46N4O4S2. The van der Waals surface area contributed by atoms with Gasteiger partial charge in [0.2, 0.25) is 5.88 Å². The van der Waals surface area contributed by atoms with E-state index in [2.05, 4.69) is 41.6 Å². The lowest BCUT2D eigenvalue weighted by Crippen LogP contribution is -2.47. The maximum Gasteiger partial charge on any atom is 0.278 e. The third-order valence-electron chi connectivity index (χ3n) is 9.65. The first-order valence-electron chi connectivity index (χ1n) is 18.3. The fourth-order valence-corrected chi connectivity index (χ4v) is 7.83. The van der Waals surface area contributed by atoms with Crippen LogP contribution in [0.3, 0.4) is 0 Å². The van der Waals surface area contributed by atoms with Crippen LogP contribution in [0.1, 0.15) is 25.3 Å². The fourth-order valence-electron chi connectivity index (χ4n) is 6.88. The molecule has 10 heteroatoms. The van der Waals surface area contributed by atoms with E-state index in [9.17, 15) is 4.79 Å². The number of nitrogens with zero attached hydrogens (tertiary/aromatic N) is 3. The Bertz CT molecular complexity index is 2140. The summed E-state index contributed by atoms with van der Waals surface area (Å²) in [5.74, 6) is 3.96. The Morgan fingerprint density at radius 3 is 2.51 bits per heavy atom. The van der Waals surface area contributed by atoms with Crippen molar-refractivity contribution in [3.05, 3.63) is 152 Å². The van der Waals surface area contributed by atoms with E-state index in [0.29, 0.717) is 30.5 Å². The number of benzene rings is 3. The van der Waals surface area contributed by atoms with Crippen molar-refractivity contribution in [3.63, 3.8) is 0 Å². The summed E-state index contributed by atoms with van der Waals surface area (Å²) >= 11 is 5.85. The van der Waals surface area contributed by atoms with E-state index in [-0.39, 0.29) is 17.2 Å². The van der Waals surface area contributed by atoms with Gasteiger partial charge in [-0.05, 0) is 134 Å². The van der Waals surface area contributed by atoms with Crippen molar-refractivity contribution in [2.24, 2.45) is 11.8 Å². The van der Waals surface area contributed by atoms with Crippen molar-refractivity contribution in [1.29, 1.82) is 0 Å². The minimum Gasteiger partial charge on any atom is -0.497 e. The number of para-hydroxylation sites is 1. The van der Waals surface area contributed by atoms with E-state index in [1.54, 1.807) is 25.5 Å². The number of amides is 1. The number of methoxy groups -OCH3 is 1. The van der Waals surface area contributed by atoms with Crippen molar-refractivity contribution in [2.75, 3.05) is 20.2 Å². The van der Waals surface area contributed by atoms with Crippen LogP contribution < -0.4 is 18.9 Å². The molecular weight excluding hydrogens is 725 g/mol. The first-order chi connectivity index (χ1) is 26.9. The molecule has 5 aromatic rings. The van der Waals surface area contributed by atoms with Gasteiger partial charge in [-0.1, -0.05) is 55.6 Å². The quantitative estimate of drug-likeness (QED) is 0.0337. The molecule has 6 rings (SSSR count). The summed E-state index contributed by atoms with van der Waals surface area (Å²) < 4.78 is 21.0. The van der Waals surface area contributed by atoms with Crippen LogP contribution in [0, 0.1) is 11.8 Å². The minimum atomic E-state index is -0.213. The van der Waals surface area contributed by atoms with Crippen molar-refractivity contribution in [3.8, 4) is 34.4 Å². The van der Waals surface area contributed by atoms with Crippen LogP contribution in [0.5, 0.6) is 23.1 Å². The molecule has 1 amide bonds. The van der Waals surface area contributed by atoms with E-state index >= 15 is 0 Å². The lowest BCUT2D eigenvalue weighted by molar-refractivity contribution is 0.129. The highest BCUT2D eigenvalue weighted by molar-refractivity contribution is 7.97. The Balaban J connectivity index is 1.17. The molecule has 1 N–H and O–H groups in total. The van der Waals surface area contributed by atoms with Crippen LogP contribution in [-0.4, -0.2) is 46.3 Å². The molecule has 0 spiro atoms. The van der Waals surface area contributed by atoms with Gasteiger partial charge in [-0.25, -0.2) is 9.97 Å². The van der Waals surface area contributed by atoms with Gasteiger partial charge in [-0.3, -0.25) is 9.52 Å². The largest absolute Gasteiger partial charge is 0.497 e. The summed E-state index contributed by atoms with van der Waals surface area (Å²) in [4.78, 5) is 25.3. The lowest BCUT2D eigenvalue weighted by atomic mass is 9.79. The van der Waals surface area contributed by atoms with Gasteiger partial charge in [0.25, 0.3) is 5.24 Å². The highest BCUT2D eigenvalue weighted by Crippen LogP contribution is 2.36. The lowest BCUT2D eigenvalue weighted by Gasteiger charge is -2.41. The predicted molar refractivity (Wildman–Crippen MR) is 227 cm³/mol. The smallest absolute Gasteiger partial charge is 0.278 e. The summed E-state index contributed by atoms with van der Waals surface area (Å²) in [7, 11) is 1.67. The molecule has 3 heterocycles. The molecule has 1 fully saturated rings. The number of piperidine rings is 1. The molecule has 0 aliphatic carbocycles. The number of pyridine rings is 2. The number of carbonyl (C=O) groups is 1. The van der Waals surface area contributed by atoms with Gasteiger partial charge in [-0.2, -0.15) is 0 Å². The molecule has 2 aromatic heterocycles. The van der Waals surface area contributed by atoms with E-state index in [1.165, 1.54) is 11.9 Å². The molecule has 0 radical (unpaired) electrons. The van der Waals surface area contributed by atoms with Crippen molar-refractivity contribution in [1.82, 2.24) is 19.6 Å². The number of aromatic nitrogens is 2. The summed E-state index contributed by atoms with van der Waals surface area (Å²) in [5.41, 5.74) is 3.77. The Morgan fingerprint density at radius 2 is 1.82 bits per heavy atom. The molecule has 1 saturated heterocycles. The Hall–Kier alpha value is -5.29. The molecule has 1 aliphatic rings. The Kier molecular flexibility index (Phi) is 13.9. The molecule has 0 saturated carbocycles.